The van der Waals surface area contributed by atoms with Gasteiger partial charge in [0.15, 0.2) is 5.58 Å². The van der Waals surface area contributed by atoms with E-state index in [0.29, 0.717) is 5.89 Å². The average Bonchev–Trinajstić information content (AvgIpc) is 3.01. The zero-order valence-electron chi connectivity index (χ0n) is 15.6. The van der Waals surface area contributed by atoms with Crippen molar-refractivity contribution in [1.29, 1.82) is 0 Å². The molecule has 0 saturated carbocycles. The molecule has 134 valence electrons. The number of hydrogen-bond acceptors (Lipinski definition) is 3. The SMILES string of the molecule is CC1(C)CCC(C)(C)c2cc3oc(-c4ccc(C(=O)O)cc4)nc3cc21. The summed E-state index contributed by atoms with van der Waals surface area (Å²) in [6, 6.07) is 10.9. The summed E-state index contributed by atoms with van der Waals surface area (Å²) >= 11 is 0. The number of hydrogen-bond donors (Lipinski definition) is 1. The fourth-order valence-electron chi connectivity index (χ4n) is 3.87. The second-order valence-corrected chi connectivity index (χ2v) is 8.53. The summed E-state index contributed by atoms with van der Waals surface area (Å²) in [5.74, 6) is -0.416. The van der Waals surface area contributed by atoms with E-state index in [1.165, 1.54) is 11.1 Å². The number of carboxylic acid groups (broad SMARTS) is 1. The first-order valence-electron chi connectivity index (χ1n) is 8.97. The van der Waals surface area contributed by atoms with Gasteiger partial charge in [0.2, 0.25) is 5.89 Å². The van der Waals surface area contributed by atoms with Crippen LogP contribution in [0.2, 0.25) is 0 Å². The minimum atomic E-state index is -0.939. The van der Waals surface area contributed by atoms with Crippen LogP contribution in [-0.4, -0.2) is 16.1 Å². The molecule has 1 aromatic heterocycles. The fraction of sp³-hybridized carbons (Fsp3) is 0.364. The quantitative estimate of drug-likeness (QED) is 0.659. The van der Waals surface area contributed by atoms with Crippen LogP contribution in [0, 0.1) is 0 Å². The molecule has 0 amide bonds. The van der Waals surface area contributed by atoms with Crippen molar-refractivity contribution < 1.29 is 14.3 Å². The van der Waals surface area contributed by atoms with E-state index in [2.05, 4.69) is 44.8 Å². The van der Waals surface area contributed by atoms with Crippen molar-refractivity contribution in [3.8, 4) is 11.5 Å². The standard InChI is InChI=1S/C22H23NO3/c1-21(2)9-10-22(3,4)16-12-18-17(11-15(16)21)23-19(26-18)13-5-7-14(8-6-13)20(24)25/h5-8,11-12H,9-10H2,1-4H3,(H,24,25). The van der Waals surface area contributed by atoms with E-state index in [4.69, 9.17) is 9.52 Å². The number of carbonyl (C=O) groups is 1. The molecule has 1 aliphatic rings. The molecule has 4 rings (SSSR count). The van der Waals surface area contributed by atoms with Gasteiger partial charge in [0.05, 0.1) is 5.56 Å². The van der Waals surface area contributed by atoms with Crippen LogP contribution >= 0.6 is 0 Å². The van der Waals surface area contributed by atoms with Crippen molar-refractivity contribution in [1.82, 2.24) is 4.98 Å². The highest BCUT2D eigenvalue weighted by Crippen LogP contribution is 2.47. The first kappa shape index (κ1) is 16.8. The van der Waals surface area contributed by atoms with Gasteiger partial charge in [0.25, 0.3) is 0 Å². The van der Waals surface area contributed by atoms with Gasteiger partial charge in [-0.2, -0.15) is 0 Å². The Balaban J connectivity index is 1.85. The molecule has 0 fully saturated rings. The monoisotopic (exact) mass is 349 g/mol. The van der Waals surface area contributed by atoms with Gasteiger partial charge in [-0.1, -0.05) is 27.7 Å². The summed E-state index contributed by atoms with van der Waals surface area (Å²) in [6.45, 7) is 9.15. The van der Waals surface area contributed by atoms with Crippen molar-refractivity contribution in [2.75, 3.05) is 0 Å². The van der Waals surface area contributed by atoms with E-state index in [0.717, 1.165) is 29.5 Å². The van der Waals surface area contributed by atoms with E-state index in [9.17, 15) is 4.79 Å². The van der Waals surface area contributed by atoms with E-state index >= 15 is 0 Å². The van der Waals surface area contributed by atoms with Crippen LogP contribution in [-0.2, 0) is 10.8 Å². The zero-order chi connectivity index (χ0) is 18.7. The number of carboxylic acids is 1. The number of nitrogens with zero attached hydrogens (tertiary/aromatic N) is 1. The summed E-state index contributed by atoms with van der Waals surface area (Å²) in [7, 11) is 0. The van der Waals surface area contributed by atoms with Gasteiger partial charge in [-0.15, -0.1) is 0 Å². The van der Waals surface area contributed by atoms with Crippen molar-refractivity contribution in [3.05, 3.63) is 53.1 Å². The molecule has 1 aliphatic carbocycles. The minimum Gasteiger partial charge on any atom is -0.478 e. The van der Waals surface area contributed by atoms with Crippen molar-refractivity contribution >= 4 is 17.1 Å². The van der Waals surface area contributed by atoms with Crippen LogP contribution in [0.5, 0.6) is 0 Å². The highest BCUT2D eigenvalue weighted by atomic mass is 16.4. The molecule has 4 heteroatoms. The number of aromatic carboxylic acids is 1. The van der Waals surface area contributed by atoms with Crippen LogP contribution in [0.1, 0.15) is 62.0 Å². The first-order chi connectivity index (χ1) is 12.2. The fourth-order valence-corrected chi connectivity index (χ4v) is 3.87. The molecule has 0 unspecified atom stereocenters. The molecule has 1 heterocycles. The molecule has 4 nitrogen and oxygen atoms in total. The summed E-state index contributed by atoms with van der Waals surface area (Å²) in [5.41, 5.74) is 5.61. The third-order valence-electron chi connectivity index (χ3n) is 5.74. The van der Waals surface area contributed by atoms with Crippen molar-refractivity contribution in [2.24, 2.45) is 0 Å². The number of benzene rings is 2. The van der Waals surface area contributed by atoms with Gasteiger partial charge >= 0.3 is 5.97 Å². The Kier molecular flexibility index (Phi) is 3.52. The Labute approximate surface area is 152 Å². The molecule has 0 bridgehead atoms. The van der Waals surface area contributed by atoms with E-state index in [1.807, 2.05) is 0 Å². The van der Waals surface area contributed by atoms with Gasteiger partial charge < -0.3 is 9.52 Å². The Morgan fingerprint density at radius 3 is 2.15 bits per heavy atom. The largest absolute Gasteiger partial charge is 0.478 e. The van der Waals surface area contributed by atoms with Gasteiger partial charge in [-0.3, -0.25) is 0 Å². The molecule has 26 heavy (non-hydrogen) atoms. The van der Waals surface area contributed by atoms with Gasteiger partial charge in [0, 0.05) is 5.56 Å². The zero-order valence-corrected chi connectivity index (χ0v) is 15.6. The summed E-state index contributed by atoms with van der Waals surface area (Å²) in [5, 5.41) is 9.04. The molecular formula is C22H23NO3. The van der Waals surface area contributed by atoms with Crippen LogP contribution in [0.15, 0.2) is 40.8 Å². The van der Waals surface area contributed by atoms with Gasteiger partial charge in [-0.25, -0.2) is 9.78 Å². The van der Waals surface area contributed by atoms with Gasteiger partial charge in [0.1, 0.15) is 5.52 Å². The molecule has 0 aliphatic heterocycles. The Morgan fingerprint density at radius 2 is 1.58 bits per heavy atom. The minimum absolute atomic E-state index is 0.120. The van der Waals surface area contributed by atoms with E-state index in [-0.39, 0.29) is 16.4 Å². The molecular weight excluding hydrogens is 326 g/mol. The van der Waals surface area contributed by atoms with Gasteiger partial charge in [-0.05, 0) is 71.2 Å². The topological polar surface area (TPSA) is 63.3 Å². The summed E-state index contributed by atoms with van der Waals surface area (Å²) in [4.78, 5) is 15.7. The van der Waals surface area contributed by atoms with Crippen LogP contribution in [0.3, 0.4) is 0 Å². The van der Waals surface area contributed by atoms with Crippen LogP contribution in [0.4, 0.5) is 0 Å². The number of aromatic nitrogens is 1. The number of fused-ring (bicyclic) bond motifs is 2. The lowest BCUT2D eigenvalue weighted by molar-refractivity contribution is 0.0697. The molecule has 1 N–H and O–H groups in total. The number of oxazole rings is 1. The average molecular weight is 349 g/mol. The maximum absolute atomic E-state index is 11.0. The van der Waals surface area contributed by atoms with E-state index < -0.39 is 5.97 Å². The van der Waals surface area contributed by atoms with Crippen molar-refractivity contribution in [2.45, 2.75) is 51.4 Å². The molecule has 2 aromatic carbocycles. The number of rotatable bonds is 2. The predicted octanol–water partition coefficient (Wildman–Crippen LogP) is 5.54. The summed E-state index contributed by atoms with van der Waals surface area (Å²) < 4.78 is 6.02. The Hall–Kier alpha value is -2.62. The first-order valence-corrected chi connectivity index (χ1v) is 8.97. The molecule has 0 atom stereocenters. The molecule has 3 aromatic rings. The lowest BCUT2D eigenvalue weighted by Gasteiger charge is -2.41. The maximum atomic E-state index is 11.0. The van der Waals surface area contributed by atoms with Crippen LogP contribution < -0.4 is 0 Å². The van der Waals surface area contributed by atoms with E-state index in [1.54, 1.807) is 24.3 Å². The second-order valence-electron chi connectivity index (χ2n) is 8.53. The van der Waals surface area contributed by atoms with Crippen LogP contribution in [0.25, 0.3) is 22.6 Å². The molecule has 0 spiro atoms. The normalized spacial score (nSPS) is 17.8. The molecule has 0 radical (unpaired) electrons. The lowest BCUT2D eigenvalue weighted by Crippen LogP contribution is -2.33. The second kappa shape index (κ2) is 5.44. The highest BCUT2D eigenvalue weighted by Gasteiger charge is 2.37. The summed E-state index contributed by atoms with van der Waals surface area (Å²) in [6.07, 6.45) is 2.30. The highest BCUT2D eigenvalue weighted by molar-refractivity contribution is 5.88. The maximum Gasteiger partial charge on any atom is 0.335 e. The smallest absolute Gasteiger partial charge is 0.335 e. The predicted molar refractivity (Wildman–Crippen MR) is 102 cm³/mol. The molecule has 0 saturated heterocycles. The van der Waals surface area contributed by atoms with Crippen molar-refractivity contribution in [3.63, 3.8) is 0 Å². The Morgan fingerprint density at radius 1 is 1.00 bits per heavy atom. The third kappa shape index (κ3) is 2.61. The lowest BCUT2D eigenvalue weighted by atomic mass is 9.63. The third-order valence-corrected chi connectivity index (χ3v) is 5.74. The Bertz CT molecular complexity index is 957.